The van der Waals surface area contributed by atoms with Gasteiger partial charge in [0.05, 0.1) is 12.2 Å². The first-order valence-electron chi connectivity index (χ1n) is 10.8. The normalized spacial score (nSPS) is 16.3. The van der Waals surface area contributed by atoms with Gasteiger partial charge in [0.25, 0.3) is 0 Å². The third-order valence-electron chi connectivity index (χ3n) is 4.44. The Hall–Kier alpha value is -3.00. The van der Waals surface area contributed by atoms with E-state index >= 15 is 0 Å². The predicted molar refractivity (Wildman–Crippen MR) is 126 cm³/mol. The fraction of sp³-hybridized carbons (Fsp3) is 0.346. The van der Waals surface area contributed by atoms with E-state index in [1.165, 1.54) is 24.3 Å². The highest BCUT2D eigenvalue weighted by Crippen LogP contribution is 2.14. The summed E-state index contributed by atoms with van der Waals surface area (Å²) in [5.74, 6) is -0.758. The SMILES string of the molecule is CC(Oc1ccc(F)cc1)[C@@H](O)/C=C/C=C\C[C@@H](O)/C=C/C=C/C=C\[C@@H](O)CCCC(=O)O. The molecule has 0 saturated carbocycles. The van der Waals surface area contributed by atoms with E-state index < -0.39 is 30.4 Å². The molecule has 4 N–H and O–H groups in total. The van der Waals surface area contributed by atoms with Gasteiger partial charge in [-0.25, -0.2) is 4.39 Å². The topological polar surface area (TPSA) is 107 Å². The molecule has 0 spiro atoms. The highest BCUT2D eigenvalue weighted by atomic mass is 19.1. The number of hydrogen-bond donors (Lipinski definition) is 4. The maximum absolute atomic E-state index is 12.9. The molecular weight excluding hydrogens is 427 g/mol. The molecule has 0 heterocycles. The Morgan fingerprint density at radius 3 is 2.18 bits per heavy atom. The first-order chi connectivity index (χ1) is 15.8. The van der Waals surface area contributed by atoms with Crippen LogP contribution in [0.15, 0.2) is 85.0 Å². The Labute approximate surface area is 194 Å². The van der Waals surface area contributed by atoms with Crippen molar-refractivity contribution in [3.8, 4) is 5.75 Å². The summed E-state index contributed by atoms with van der Waals surface area (Å²) in [7, 11) is 0. The fourth-order valence-corrected chi connectivity index (χ4v) is 2.58. The molecule has 0 fully saturated rings. The number of halogens is 1. The van der Waals surface area contributed by atoms with Crippen molar-refractivity contribution in [3.63, 3.8) is 0 Å². The van der Waals surface area contributed by atoms with E-state index in [0.717, 1.165) is 0 Å². The van der Waals surface area contributed by atoms with Crippen LogP contribution < -0.4 is 4.74 Å². The van der Waals surface area contributed by atoms with E-state index in [1.807, 2.05) is 0 Å². The maximum atomic E-state index is 12.9. The maximum Gasteiger partial charge on any atom is 0.303 e. The molecule has 0 amide bonds. The van der Waals surface area contributed by atoms with Crippen LogP contribution in [0.3, 0.4) is 0 Å². The van der Waals surface area contributed by atoms with Crippen LogP contribution in [-0.4, -0.2) is 50.8 Å². The minimum atomic E-state index is -0.874. The van der Waals surface area contributed by atoms with E-state index in [4.69, 9.17) is 9.84 Å². The molecule has 33 heavy (non-hydrogen) atoms. The van der Waals surface area contributed by atoms with Gasteiger partial charge in [-0.1, -0.05) is 60.8 Å². The number of ether oxygens (including phenoxy) is 1. The number of aliphatic hydroxyl groups is 3. The zero-order valence-corrected chi connectivity index (χ0v) is 18.7. The lowest BCUT2D eigenvalue weighted by atomic mass is 10.1. The number of aliphatic carboxylic acids is 1. The second-order valence-electron chi connectivity index (χ2n) is 7.39. The largest absolute Gasteiger partial charge is 0.488 e. The van der Waals surface area contributed by atoms with E-state index in [9.17, 15) is 24.5 Å². The number of hydrogen-bond acceptors (Lipinski definition) is 5. The number of carboxylic acids is 1. The van der Waals surface area contributed by atoms with Crippen molar-refractivity contribution in [1.82, 2.24) is 0 Å². The van der Waals surface area contributed by atoms with Crippen molar-refractivity contribution in [2.24, 2.45) is 0 Å². The Morgan fingerprint density at radius 1 is 0.939 bits per heavy atom. The molecule has 1 unspecified atom stereocenters. The van der Waals surface area contributed by atoms with Gasteiger partial charge in [0, 0.05) is 6.42 Å². The summed E-state index contributed by atoms with van der Waals surface area (Å²) >= 11 is 0. The number of rotatable bonds is 15. The molecule has 1 rings (SSSR count). The molecule has 180 valence electrons. The van der Waals surface area contributed by atoms with Gasteiger partial charge in [-0.3, -0.25) is 4.79 Å². The van der Waals surface area contributed by atoms with Crippen LogP contribution in [0.25, 0.3) is 0 Å². The molecule has 0 bridgehead atoms. The first-order valence-corrected chi connectivity index (χ1v) is 10.8. The molecule has 7 heteroatoms. The molecule has 0 aliphatic carbocycles. The van der Waals surface area contributed by atoms with Crippen LogP contribution >= 0.6 is 0 Å². The summed E-state index contributed by atoms with van der Waals surface area (Å²) in [4.78, 5) is 10.4. The van der Waals surface area contributed by atoms with Gasteiger partial charge in [-0.2, -0.15) is 0 Å². The monoisotopic (exact) mass is 460 g/mol. The predicted octanol–water partition coefficient (Wildman–Crippen LogP) is 4.10. The molecule has 0 radical (unpaired) electrons. The molecule has 0 aliphatic rings. The van der Waals surface area contributed by atoms with Gasteiger partial charge in [0.1, 0.15) is 23.8 Å². The molecule has 0 aromatic heterocycles. The first kappa shape index (κ1) is 28.0. The summed E-state index contributed by atoms with van der Waals surface area (Å²) in [5.41, 5.74) is 0. The van der Waals surface area contributed by atoms with E-state index in [2.05, 4.69) is 0 Å². The van der Waals surface area contributed by atoms with Crippen LogP contribution in [0.4, 0.5) is 4.39 Å². The van der Waals surface area contributed by atoms with Crippen molar-refractivity contribution >= 4 is 5.97 Å². The quantitative estimate of drug-likeness (QED) is 0.294. The summed E-state index contributed by atoms with van der Waals surface area (Å²) in [6.45, 7) is 1.71. The Kier molecular flexibility index (Phi) is 14.1. The van der Waals surface area contributed by atoms with Crippen molar-refractivity contribution < 1.29 is 34.3 Å². The van der Waals surface area contributed by atoms with Crippen molar-refractivity contribution in [2.75, 3.05) is 0 Å². The lowest BCUT2D eigenvalue weighted by molar-refractivity contribution is -0.137. The van der Waals surface area contributed by atoms with Crippen LogP contribution in [0.5, 0.6) is 5.75 Å². The summed E-state index contributed by atoms with van der Waals surface area (Å²) in [5, 5.41) is 38.2. The van der Waals surface area contributed by atoms with Crippen LogP contribution in [0.2, 0.25) is 0 Å². The lowest BCUT2D eigenvalue weighted by Gasteiger charge is -2.17. The van der Waals surface area contributed by atoms with Gasteiger partial charge >= 0.3 is 5.97 Å². The number of benzene rings is 1. The van der Waals surface area contributed by atoms with Gasteiger partial charge in [0.15, 0.2) is 0 Å². The molecule has 4 atom stereocenters. The fourth-order valence-electron chi connectivity index (χ4n) is 2.58. The molecule has 0 saturated heterocycles. The second-order valence-corrected chi connectivity index (χ2v) is 7.39. The molecule has 1 aromatic carbocycles. The Morgan fingerprint density at radius 2 is 1.55 bits per heavy atom. The summed E-state index contributed by atoms with van der Waals surface area (Å²) < 4.78 is 18.5. The van der Waals surface area contributed by atoms with Gasteiger partial charge in [-0.05, 0) is 50.5 Å². The van der Waals surface area contributed by atoms with Crippen LogP contribution in [0, 0.1) is 5.82 Å². The summed E-state index contributed by atoms with van der Waals surface area (Å²) in [6.07, 6.45) is 15.2. The van der Waals surface area contributed by atoms with Crippen LogP contribution in [-0.2, 0) is 4.79 Å². The zero-order chi connectivity index (χ0) is 24.5. The van der Waals surface area contributed by atoms with E-state index in [1.54, 1.807) is 67.7 Å². The smallest absolute Gasteiger partial charge is 0.303 e. The Balaban J connectivity index is 2.26. The Bertz CT molecular complexity index is 826. The third kappa shape index (κ3) is 14.6. The third-order valence-corrected chi connectivity index (χ3v) is 4.44. The zero-order valence-electron chi connectivity index (χ0n) is 18.7. The average molecular weight is 461 g/mol. The van der Waals surface area contributed by atoms with Crippen molar-refractivity contribution in [1.29, 1.82) is 0 Å². The number of aliphatic hydroxyl groups excluding tert-OH is 3. The standard InChI is InChI=1S/C26H33FO6/c1-20(33-24-18-16-21(27)17-19-24)25(30)14-8-4-7-12-22(28)10-5-2-3-6-11-23(29)13-9-15-26(31)32/h2-8,10-11,14,16-20,22-23,25,28-30H,9,12-13,15H2,1H3,(H,31,32)/b3-2+,7-4-,10-5+,11-6-,14-8+/t20?,22-,23+,25-/m0/s1. The molecule has 1 aromatic rings. The van der Waals surface area contributed by atoms with Crippen molar-refractivity contribution in [2.45, 2.75) is 57.0 Å². The summed E-state index contributed by atoms with van der Waals surface area (Å²) in [6, 6.07) is 5.57. The number of allylic oxidation sites excluding steroid dienone is 6. The average Bonchev–Trinajstić information content (AvgIpc) is 2.77. The molecular formula is C26H33FO6. The minimum absolute atomic E-state index is 0.0389. The highest BCUT2D eigenvalue weighted by molar-refractivity contribution is 5.66. The number of carboxylic acid groups (broad SMARTS) is 1. The molecule has 0 aliphatic heterocycles. The lowest BCUT2D eigenvalue weighted by Crippen LogP contribution is -2.26. The van der Waals surface area contributed by atoms with Gasteiger partial charge in [0.2, 0.25) is 0 Å². The van der Waals surface area contributed by atoms with E-state index in [0.29, 0.717) is 25.0 Å². The van der Waals surface area contributed by atoms with E-state index in [-0.39, 0.29) is 12.2 Å². The van der Waals surface area contributed by atoms with Gasteiger partial charge < -0.3 is 25.2 Å². The minimum Gasteiger partial charge on any atom is -0.488 e. The molecule has 6 nitrogen and oxygen atoms in total. The van der Waals surface area contributed by atoms with Gasteiger partial charge in [-0.15, -0.1) is 0 Å². The second kappa shape index (κ2) is 16.6. The van der Waals surface area contributed by atoms with Crippen molar-refractivity contribution in [3.05, 3.63) is 90.8 Å². The highest BCUT2D eigenvalue weighted by Gasteiger charge is 2.12. The number of carbonyl (C=O) groups is 1. The van der Waals surface area contributed by atoms with Crippen LogP contribution in [0.1, 0.15) is 32.6 Å².